The summed E-state index contributed by atoms with van der Waals surface area (Å²) in [5, 5.41) is 3.31. The second-order valence-electron chi connectivity index (χ2n) is 5.31. The molecule has 0 aliphatic heterocycles. The Balaban J connectivity index is 2.84. The highest BCUT2D eigenvalue weighted by atomic mass is 32.2. The fraction of sp³-hybridized carbons (Fsp3) is 0.625. The lowest BCUT2D eigenvalue weighted by Crippen LogP contribution is -2.36. The number of sulfonamides is 1. The number of nitrogens with one attached hydrogen (secondary N) is 1. The van der Waals surface area contributed by atoms with Gasteiger partial charge in [0.2, 0.25) is 10.0 Å². The lowest BCUT2D eigenvalue weighted by molar-refractivity contribution is 0.349. The van der Waals surface area contributed by atoms with E-state index in [2.05, 4.69) is 12.2 Å². The summed E-state index contributed by atoms with van der Waals surface area (Å²) in [4.78, 5) is 0.371. The maximum absolute atomic E-state index is 12.6. The van der Waals surface area contributed by atoms with Crippen molar-refractivity contribution in [2.45, 2.75) is 57.5 Å². The van der Waals surface area contributed by atoms with Crippen molar-refractivity contribution in [2.75, 3.05) is 13.6 Å². The third-order valence-electron chi connectivity index (χ3n) is 3.81. The minimum atomic E-state index is -3.39. The Hall–Kier alpha value is -0.910. The standard InChI is InChI=1S/C16H28N2O2S/c1-5-12-17-13-14-8-10-16(11-9-14)21(19,20)18(4)15(6-2)7-3/h8-11,15,17H,5-7,12-13H2,1-4H3. The zero-order valence-corrected chi connectivity index (χ0v) is 14.4. The smallest absolute Gasteiger partial charge is 0.243 e. The van der Waals surface area contributed by atoms with Gasteiger partial charge in [-0.1, -0.05) is 32.9 Å². The van der Waals surface area contributed by atoms with Crippen LogP contribution in [0, 0.1) is 0 Å². The Labute approximate surface area is 129 Å². The van der Waals surface area contributed by atoms with Gasteiger partial charge in [0, 0.05) is 19.6 Å². The first kappa shape index (κ1) is 18.1. The quantitative estimate of drug-likeness (QED) is 0.713. The van der Waals surface area contributed by atoms with Crippen LogP contribution >= 0.6 is 0 Å². The van der Waals surface area contributed by atoms with E-state index in [1.54, 1.807) is 19.2 Å². The second kappa shape index (κ2) is 8.51. The Morgan fingerprint density at radius 1 is 1.10 bits per heavy atom. The van der Waals surface area contributed by atoms with Gasteiger partial charge in [-0.3, -0.25) is 0 Å². The molecule has 0 bridgehead atoms. The summed E-state index contributed by atoms with van der Waals surface area (Å²) in [6, 6.07) is 7.24. The number of benzene rings is 1. The van der Waals surface area contributed by atoms with Gasteiger partial charge >= 0.3 is 0 Å². The molecule has 4 nitrogen and oxygen atoms in total. The van der Waals surface area contributed by atoms with Crippen molar-refractivity contribution < 1.29 is 8.42 Å². The van der Waals surface area contributed by atoms with Crippen LogP contribution in [0.3, 0.4) is 0 Å². The normalized spacial score (nSPS) is 12.3. The van der Waals surface area contributed by atoms with Gasteiger partial charge < -0.3 is 5.32 Å². The minimum Gasteiger partial charge on any atom is -0.313 e. The van der Waals surface area contributed by atoms with Crippen LogP contribution in [0.25, 0.3) is 0 Å². The van der Waals surface area contributed by atoms with Gasteiger partial charge in [0.05, 0.1) is 4.90 Å². The van der Waals surface area contributed by atoms with E-state index >= 15 is 0 Å². The molecule has 0 saturated carbocycles. The van der Waals surface area contributed by atoms with Gasteiger partial charge in [-0.15, -0.1) is 0 Å². The lowest BCUT2D eigenvalue weighted by Gasteiger charge is -2.25. The van der Waals surface area contributed by atoms with E-state index in [0.717, 1.165) is 37.9 Å². The van der Waals surface area contributed by atoms with Crippen molar-refractivity contribution in [3.8, 4) is 0 Å². The molecule has 0 unspecified atom stereocenters. The molecule has 120 valence electrons. The average molecular weight is 312 g/mol. The van der Waals surface area contributed by atoms with Crippen molar-refractivity contribution >= 4 is 10.0 Å². The Bertz CT molecular complexity index is 508. The predicted molar refractivity (Wildman–Crippen MR) is 87.8 cm³/mol. The first-order chi connectivity index (χ1) is 9.97. The van der Waals surface area contributed by atoms with Crippen LogP contribution in [0.4, 0.5) is 0 Å². The van der Waals surface area contributed by atoms with E-state index < -0.39 is 10.0 Å². The molecule has 0 amide bonds. The third-order valence-corrected chi connectivity index (χ3v) is 5.74. The zero-order chi connectivity index (χ0) is 15.9. The molecule has 0 aromatic heterocycles. The molecule has 5 heteroatoms. The molecule has 1 rings (SSSR count). The molecule has 21 heavy (non-hydrogen) atoms. The molecule has 0 radical (unpaired) electrons. The molecule has 0 spiro atoms. The molecule has 1 aromatic carbocycles. The zero-order valence-electron chi connectivity index (χ0n) is 13.6. The molecular weight excluding hydrogens is 284 g/mol. The van der Waals surface area contributed by atoms with E-state index in [0.29, 0.717) is 4.90 Å². The number of nitrogens with zero attached hydrogens (tertiary/aromatic N) is 1. The van der Waals surface area contributed by atoms with Crippen LogP contribution in [0.1, 0.15) is 45.6 Å². The van der Waals surface area contributed by atoms with Gasteiger partial charge in [0.25, 0.3) is 0 Å². The molecule has 0 atom stereocenters. The Kier molecular flexibility index (Phi) is 7.35. The predicted octanol–water partition coefficient (Wildman–Crippen LogP) is 3.00. The summed E-state index contributed by atoms with van der Waals surface area (Å²) >= 11 is 0. The number of rotatable bonds is 9. The van der Waals surface area contributed by atoms with Crippen LogP contribution in [0.15, 0.2) is 29.2 Å². The molecule has 1 aromatic rings. The average Bonchev–Trinajstić information content (AvgIpc) is 2.49. The second-order valence-corrected chi connectivity index (χ2v) is 7.31. The summed E-state index contributed by atoms with van der Waals surface area (Å²) < 4.78 is 26.6. The maximum Gasteiger partial charge on any atom is 0.243 e. The maximum atomic E-state index is 12.6. The topological polar surface area (TPSA) is 49.4 Å². The van der Waals surface area contributed by atoms with E-state index in [-0.39, 0.29) is 6.04 Å². The molecular formula is C16H28N2O2S. The fourth-order valence-electron chi connectivity index (χ4n) is 2.35. The summed E-state index contributed by atoms with van der Waals surface area (Å²) in [5.41, 5.74) is 1.10. The van der Waals surface area contributed by atoms with E-state index in [9.17, 15) is 8.42 Å². The molecule has 0 saturated heterocycles. The Morgan fingerprint density at radius 2 is 1.67 bits per heavy atom. The number of hydrogen-bond acceptors (Lipinski definition) is 3. The van der Waals surface area contributed by atoms with E-state index in [4.69, 9.17) is 0 Å². The minimum absolute atomic E-state index is 0.0564. The first-order valence-corrected chi connectivity index (χ1v) is 9.19. The monoisotopic (exact) mass is 312 g/mol. The van der Waals surface area contributed by atoms with Gasteiger partial charge in [-0.2, -0.15) is 4.31 Å². The van der Waals surface area contributed by atoms with Gasteiger partial charge in [-0.25, -0.2) is 8.42 Å². The van der Waals surface area contributed by atoms with Crippen LogP contribution < -0.4 is 5.32 Å². The number of hydrogen-bond donors (Lipinski definition) is 1. The molecule has 0 fully saturated rings. The Morgan fingerprint density at radius 3 is 2.14 bits per heavy atom. The van der Waals surface area contributed by atoms with Gasteiger partial charge in [-0.05, 0) is 43.5 Å². The highest BCUT2D eigenvalue weighted by Gasteiger charge is 2.25. The summed E-state index contributed by atoms with van der Waals surface area (Å²) in [6.45, 7) is 7.90. The molecule has 0 aliphatic rings. The van der Waals surface area contributed by atoms with Crippen molar-refractivity contribution in [2.24, 2.45) is 0 Å². The van der Waals surface area contributed by atoms with E-state index in [1.807, 2.05) is 26.0 Å². The molecule has 0 heterocycles. The van der Waals surface area contributed by atoms with Gasteiger partial charge in [0.15, 0.2) is 0 Å². The van der Waals surface area contributed by atoms with Gasteiger partial charge in [0.1, 0.15) is 0 Å². The first-order valence-electron chi connectivity index (χ1n) is 7.75. The van der Waals surface area contributed by atoms with E-state index in [1.165, 1.54) is 4.31 Å². The highest BCUT2D eigenvalue weighted by molar-refractivity contribution is 7.89. The molecule has 1 N–H and O–H groups in total. The SMILES string of the molecule is CCCNCc1ccc(S(=O)(=O)N(C)C(CC)CC)cc1. The summed E-state index contributed by atoms with van der Waals surface area (Å²) in [6.07, 6.45) is 2.74. The summed E-state index contributed by atoms with van der Waals surface area (Å²) in [5.74, 6) is 0. The van der Waals surface area contributed by atoms with Crippen LogP contribution in [0.5, 0.6) is 0 Å². The largest absolute Gasteiger partial charge is 0.313 e. The van der Waals surface area contributed by atoms with Crippen LogP contribution in [0.2, 0.25) is 0 Å². The van der Waals surface area contributed by atoms with Crippen molar-refractivity contribution in [3.63, 3.8) is 0 Å². The lowest BCUT2D eigenvalue weighted by atomic mass is 10.2. The fourth-order valence-corrected chi connectivity index (χ4v) is 3.86. The van der Waals surface area contributed by atoms with Crippen molar-refractivity contribution in [1.29, 1.82) is 0 Å². The van der Waals surface area contributed by atoms with Crippen LogP contribution in [-0.4, -0.2) is 32.4 Å². The third kappa shape index (κ3) is 4.80. The van der Waals surface area contributed by atoms with Crippen molar-refractivity contribution in [3.05, 3.63) is 29.8 Å². The summed E-state index contributed by atoms with van der Waals surface area (Å²) in [7, 11) is -1.72. The van der Waals surface area contributed by atoms with Crippen molar-refractivity contribution in [1.82, 2.24) is 9.62 Å². The van der Waals surface area contributed by atoms with Crippen LogP contribution in [-0.2, 0) is 16.6 Å². The highest BCUT2D eigenvalue weighted by Crippen LogP contribution is 2.20. The molecule has 0 aliphatic carbocycles.